The van der Waals surface area contributed by atoms with Gasteiger partial charge in [-0.25, -0.2) is 4.79 Å². The molecule has 0 heterocycles. The second kappa shape index (κ2) is 12.5. The summed E-state index contributed by atoms with van der Waals surface area (Å²) in [4.78, 5) is 26.2. The molecule has 0 aliphatic rings. The average Bonchev–Trinajstić information content (AvgIpc) is 2.73. The molecule has 0 saturated carbocycles. The number of benzene rings is 2. The first kappa shape index (κ1) is 28.0. The summed E-state index contributed by atoms with van der Waals surface area (Å²) >= 11 is 1.00. The van der Waals surface area contributed by atoms with E-state index in [1.54, 1.807) is 32.9 Å². The van der Waals surface area contributed by atoms with Gasteiger partial charge in [0.15, 0.2) is 0 Å². The van der Waals surface area contributed by atoms with E-state index in [2.05, 4.69) is 40.3 Å². The average molecular weight is 553 g/mol. The zero-order valence-corrected chi connectivity index (χ0v) is 22.7. The number of hydrogen-bond donors (Lipinski definition) is 1. The molecule has 0 saturated heterocycles. The van der Waals surface area contributed by atoms with Gasteiger partial charge in [0.2, 0.25) is 5.91 Å². The van der Waals surface area contributed by atoms with Crippen molar-refractivity contribution in [3.05, 3.63) is 57.6 Å². The number of rotatable bonds is 9. The largest absolute Gasteiger partial charge is 0.768 e. The van der Waals surface area contributed by atoms with Gasteiger partial charge in [-0.1, -0.05) is 28.9 Å². The van der Waals surface area contributed by atoms with E-state index in [-0.39, 0.29) is 17.3 Å². The molecule has 0 aliphatic heterocycles. The highest BCUT2D eigenvalue weighted by atomic mass is 79.9. The predicted molar refractivity (Wildman–Crippen MR) is 136 cm³/mol. The van der Waals surface area contributed by atoms with Gasteiger partial charge >= 0.3 is 6.09 Å². The topological polar surface area (TPSA) is 98.8 Å². The van der Waals surface area contributed by atoms with Gasteiger partial charge < -0.3 is 19.5 Å². The molecule has 7 nitrogen and oxygen atoms in total. The fraction of sp³-hybridized carbons (Fsp3) is 0.440. The zero-order chi connectivity index (χ0) is 25.5. The first-order valence-electron chi connectivity index (χ1n) is 11.1. The number of halogens is 1. The van der Waals surface area contributed by atoms with Gasteiger partial charge in [-0.2, -0.15) is 0 Å². The minimum atomic E-state index is -2.49. The Hall–Kier alpha value is -2.23. The number of aryl methyl sites for hydroxylation is 2. The molecule has 2 aromatic carbocycles. The highest BCUT2D eigenvalue weighted by Crippen LogP contribution is 2.22. The Kier molecular flexibility index (Phi) is 10.3. The third kappa shape index (κ3) is 8.85. The van der Waals surface area contributed by atoms with Crippen LogP contribution in [0.15, 0.2) is 45.8 Å². The molecule has 0 spiro atoms. The Bertz CT molecular complexity index is 1050. The van der Waals surface area contributed by atoms with E-state index in [4.69, 9.17) is 4.74 Å². The molecule has 9 heteroatoms. The monoisotopic (exact) mass is 551 g/mol. The van der Waals surface area contributed by atoms with Crippen LogP contribution in [-0.2, 0) is 40.0 Å². The van der Waals surface area contributed by atoms with E-state index in [0.29, 0.717) is 24.1 Å². The molecule has 1 N–H and O–H groups in total. The Labute approximate surface area is 212 Å². The summed E-state index contributed by atoms with van der Waals surface area (Å²) in [5, 5.41) is 2.83. The van der Waals surface area contributed by atoms with Crippen LogP contribution in [0.3, 0.4) is 0 Å². The van der Waals surface area contributed by atoms with Crippen molar-refractivity contribution < 1.29 is 23.1 Å². The van der Waals surface area contributed by atoms with Gasteiger partial charge in [0.1, 0.15) is 5.60 Å². The maximum Gasteiger partial charge on any atom is 0.410 e. The Morgan fingerprint density at radius 1 is 1.12 bits per heavy atom. The fourth-order valence-corrected chi connectivity index (χ4v) is 4.36. The quantitative estimate of drug-likeness (QED) is 0.410. The molecule has 2 rings (SSSR count). The van der Waals surface area contributed by atoms with Crippen molar-refractivity contribution in [2.45, 2.75) is 70.4 Å². The zero-order valence-electron chi connectivity index (χ0n) is 20.3. The van der Waals surface area contributed by atoms with E-state index in [1.165, 1.54) is 29.1 Å². The molecule has 0 aliphatic carbocycles. The fourth-order valence-electron chi connectivity index (χ4n) is 3.43. The van der Waals surface area contributed by atoms with E-state index < -0.39 is 22.8 Å². The van der Waals surface area contributed by atoms with Crippen molar-refractivity contribution in [1.29, 1.82) is 0 Å². The highest BCUT2D eigenvalue weighted by molar-refractivity contribution is 9.10. The van der Waals surface area contributed by atoms with Crippen LogP contribution in [0.25, 0.3) is 0 Å². The molecule has 0 bridgehead atoms. The standard InChI is InChI=1S/C25H33BrN2O5S/c1-6-17-14-20(26)11-10-18(17)8-7-9-23(29)27-21-12-13-22(34(31)32)19(15-21)16-28(5)24(30)33-25(2,3)4/h10-15H,6-9,16H2,1-5H3,(H,27,29)(H,31,32)/p-1. The molecule has 34 heavy (non-hydrogen) atoms. The molecule has 1 atom stereocenters. The van der Waals surface area contributed by atoms with Crippen molar-refractivity contribution >= 4 is 44.7 Å². The normalized spacial score (nSPS) is 12.2. The summed E-state index contributed by atoms with van der Waals surface area (Å²) in [6, 6.07) is 10.7. The van der Waals surface area contributed by atoms with Gasteiger partial charge in [0, 0.05) is 35.1 Å². The molecular formula is C25H32BrN2O5S-. The van der Waals surface area contributed by atoms with E-state index in [1.807, 2.05) is 6.07 Å². The molecule has 0 fully saturated rings. The number of nitrogens with one attached hydrogen (secondary N) is 1. The lowest BCUT2D eigenvalue weighted by Crippen LogP contribution is -2.34. The van der Waals surface area contributed by atoms with Crippen molar-refractivity contribution in [2.24, 2.45) is 0 Å². The van der Waals surface area contributed by atoms with Gasteiger partial charge in [0.25, 0.3) is 0 Å². The first-order valence-corrected chi connectivity index (χ1v) is 13.0. The van der Waals surface area contributed by atoms with E-state index in [0.717, 1.165) is 17.3 Å². The molecule has 0 aromatic heterocycles. The van der Waals surface area contributed by atoms with E-state index >= 15 is 0 Å². The van der Waals surface area contributed by atoms with Gasteiger partial charge in [-0.05, 0) is 98.1 Å². The number of ether oxygens (including phenoxy) is 1. The SMILES string of the molecule is CCc1cc(Br)ccc1CCCC(=O)Nc1ccc(S(=O)[O-])c(CN(C)C(=O)OC(C)(C)C)c1. The van der Waals surface area contributed by atoms with Gasteiger partial charge in [0.05, 0.1) is 0 Å². The summed E-state index contributed by atoms with van der Waals surface area (Å²) in [5.74, 6) is -0.155. The predicted octanol–water partition coefficient (Wildman–Crippen LogP) is 5.58. The minimum Gasteiger partial charge on any atom is -0.768 e. The molecular weight excluding hydrogens is 520 g/mol. The lowest BCUT2D eigenvalue weighted by Gasteiger charge is -2.25. The van der Waals surface area contributed by atoms with E-state index in [9.17, 15) is 18.4 Å². The van der Waals surface area contributed by atoms with Crippen LogP contribution >= 0.6 is 15.9 Å². The van der Waals surface area contributed by atoms with Crippen LogP contribution < -0.4 is 5.32 Å². The maximum atomic E-state index is 12.5. The highest BCUT2D eigenvalue weighted by Gasteiger charge is 2.20. The molecule has 2 amide bonds. The Morgan fingerprint density at radius 3 is 2.44 bits per heavy atom. The number of carbonyl (C=O) groups excluding carboxylic acids is 2. The molecule has 0 radical (unpaired) electrons. The molecule has 186 valence electrons. The third-order valence-electron chi connectivity index (χ3n) is 5.04. The molecule has 1 unspecified atom stereocenters. The number of amides is 2. The first-order chi connectivity index (χ1) is 15.9. The number of carbonyl (C=O) groups is 2. The number of nitrogens with zero attached hydrogens (tertiary/aromatic N) is 1. The summed E-state index contributed by atoms with van der Waals surface area (Å²) in [6.45, 7) is 7.39. The lowest BCUT2D eigenvalue weighted by molar-refractivity contribution is -0.116. The van der Waals surface area contributed by atoms with Crippen molar-refractivity contribution in [2.75, 3.05) is 12.4 Å². The second-order valence-electron chi connectivity index (χ2n) is 9.06. The van der Waals surface area contributed by atoms with Crippen molar-refractivity contribution in [3.8, 4) is 0 Å². The number of anilines is 1. The van der Waals surface area contributed by atoms with Crippen LogP contribution in [0.5, 0.6) is 0 Å². The Morgan fingerprint density at radius 2 is 1.82 bits per heavy atom. The summed E-state index contributed by atoms with van der Waals surface area (Å²) in [6.07, 6.45) is 2.18. The van der Waals surface area contributed by atoms with Crippen LogP contribution in [0.1, 0.15) is 57.2 Å². The van der Waals surface area contributed by atoms with Gasteiger partial charge in [-0.3, -0.25) is 9.00 Å². The third-order valence-corrected chi connectivity index (χ3v) is 6.29. The minimum absolute atomic E-state index is 0.0191. The van der Waals surface area contributed by atoms with Crippen molar-refractivity contribution in [3.63, 3.8) is 0 Å². The summed E-state index contributed by atoms with van der Waals surface area (Å²) in [7, 11) is 1.53. The lowest BCUT2D eigenvalue weighted by atomic mass is 10.00. The maximum absolute atomic E-state index is 12.5. The summed E-state index contributed by atoms with van der Waals surface area (Å²) in [5.41, 5.74) is 2.69. The summed E-state index contributed by atoms with van der Waals surface area (Å²) < 4.78 is 29.7. The second-order valence-corrected chi connectivity index (χ2v) is 10.9. The molecule has 2 aromatic rings. The Balaban J connectivity index is 2.03. The number of hydrogen-bond acceptors (Lipinski definition) is 5. The van der Waals surface area contributed by atoms with Gasteiger partial charge in [-0.15, -0.1) is 0 Å². The smallest absolute Gasteiger partial charge is 0.410 e. The van der Waals surface area contributed by atoms with Crippen molar-refractivity contribution in [1.82, 2.24) is 4.90 Å². The van der Waals surface area contributed by atoms with Crippen LogP contribution in [0.2, 0.25) is 0 Å². The van der Waals surface area contributed by atoms with Crippen LogP contribution in [0, 0.1) is 0 Å². The van der Waals surface area contributed by atoms with Crippen LogP contribution in [-0.4, -0.2) is 38.3 Å². The van der Waals surface area contributed by atoms with Crippen LogP contribution in [0.4, 0.5) is 10.5 Å².